The highest BCUT2D eigenvalue weighted by molar-refractivity contribution is 6.06. The average molecular weight is 675 g/mol. The molecular formula is C41H46N4O5. The van der Waals surface area contributed by atoms with E-state index >= 15 is 9.59 Å². The van der Waals surface area contributed by atoms with Crippen molar-refractivity contribution in [1.82, 2.24) is 9.80 Å². The predicted octanol–water partition coefficient (Wildman–Crippen LogP) is 5.13. The van der Waals surface area contributed by atoms with Crippen molar-refractivity contribution in [2.75, 3.05) is 42.6 Å². The normalized spacial score (nSPS) is 27.9. The molecule has 0 radical (unpaired) electrons. The predicted molar refractivity (Wildman–Crippen MR) is 193 cm³/mol. The summed E-state index contributed by atoms with van der Waals surface area (Å²) in [4.78, 5) is 52.4. The summed E-state index contributed by atoms with van der Waals surface area (Å²) in [6.07, 6.45) is 8.14. The zero-order valence-electron chi connectivity index (χ0n) is 29.0. The molecule has 3 aromatic carbocycles. The van der Waals surface area contributed by atoms with Crippen LogP contribution in [-0.4, -0.2) is 82.7 Å². The smallest absolute Gasteiger partial charge is 0.253 e. The van der Waals surface area contributed by atoms with Crippen LogP contribution in [0.25, 0.3) is 0 Å². The fraction of sp³-hybridized carbons (Fsp3) is 0.390. The van der Waals surface area contributed by atoms with Gasteiger partial charge >= 0.3 is 0 Å². The SMILES string of the molecule is CCN(CC)c1ccc(N2CC=C[C@]34O[C@]5(CC)C=CCN(Cc6ccccc6)C(=O)[C@@H]5[C@H]3C(=O)N([C@H](CO)c3ccccc3)C4C2=O)cc1. The van der Waals surface area contributed by atoms with Gasteiger partial charge in [-0.1, -0.05) is 91.9 Å². The second kappa shape index (κ2) is 13.5. The monoisotopic (exact) mass is 674 g/mol. The minimum Gasteiger partial charge on any atom is -0.394 e. The van der Waals surface area contributed by atoms with E-state index in [1.807, 2.05) is 116 Å². The number of rotatable bonds is 10. The quantitative estimate of drug-likeness (QED) is 0.300. The molecule has 6 atom stereocenters. The molecule has 1 spiro atoms. The number of hydrogen-bond donors (Lipinski definition) is 1. The number of aliphatic hydroxyl groups excluding tert-OH is 1. The minimum atomic E-state index is -1.44. The summed E-state index contributed by atoms with van der Waals surface area (Å²) in [5.41, 5.74) is 0.911. The van der Waals surface area contributed by atoms with Crippen LogP contribution in [0.2, 0.25) is 0 Å². The largest absolute Gasteiger partial charge is 0.394 e. The summed E-state index contributed by atoms with van der Waals surface area (Å²) in [7, 11) is 0. The number of amides is 3. The lowest BCUT2D eigenvalue weighted by atomic mass is 9.73. The van der Waals surface area contributed by atoms with Crippen LogP contribution in [0.5, 0.6) is 0 Å². The van der Waals surface area contributed by atoms with E-state index in [1.165, 1.54) is 4.90 Å². The first-order valence-corrected chi connectivity index (χ1v) is 17.8. The zero-order valence-corrected chi connectivity index (χ0v) is 29.0. The van der Waals surface area contributed by atoms with Gasteiger partial charge in [-0.2, -0.15) is 0 Å². The van der Waals surface area contributed by atoms with Crippen LogP contribution in [0, 0.1) is 11.8 Å². The number of anilines is 2. The van der Waals surface area contributed by atoms with Crippen LogP contribution in [0.1, 0.15) is 44.4 Å². The highest BCUT2D eigenvalue weighted by Gasteiger charge is 2.76. The third-order valence-corrected chi connectivity index (χ3v) is 11.2. The summed E-state index contributed by atoms with van der Waals surface area (Å²) in [6.45, 7) is 8.54. The highest BCUT2D eigenvalue weighted by Crippen LogP contribution is 2.60. The van der Waals surface area contributed by atoms with Crippen LogP contribution in [-0.2, 0) is 25.7 Å². The lowest BCUT2D eigenvalue weighted by molar-refractivity contribution is -0.153. The van der Waals surface area contributed by atoms with Crippen molar-refractivity contribution in [2.45, 2.75) is 57.0 Å². The Balaban J connectivity index is 1.35. The molecule has 0 saturated carbocycles. The Morgan fingerprint density at radius 2 is 1.46 bits per heavy atom. The van der Waals surface area contributed by atoms with E-state index in [4.69, 9.17) is 4.74 Å². The zero-order chi connectivity index (χ0) is 35.0. The summed E-state index contributed by atoms with van der Waals surface area (Å²) in [6, 6.07) is 25.1. The molecule has 7 rings (SSSR count). The van der Waals surface area contributed by atoms with E-state index in [0.717, 1.165) is 24.3 Å². The maximum atomic E-state index is 15.2. The summed E-state index contributed by atoms with van der Waals surface area (Å²) < 4.78 is 7.19. The number of carbonyl (C=O) groups is 3. The fourth-order valence-electron chi connectivity index (χ4n) is 8.73. The third kappa shape index (κ3) is 5.34. The summed E-state index contributed by atoms with van der Waals surface area (Å²) in [5.74, 6) is -2.70. The van der Waals surface area contributed by atoms with Crippen LogP contribution in [0.4, 0.5) is 11.4 Å². The van der Waals surface area contributed by atoms with Crippen molar-refractivity contribution >= 4 is 29.1 Å². The Morgan fingerprint density at radius 1 is 0.800 bits per heavy atom. The van der Waals surface area contributed by atoms with Gasteiger partial charge in [0.2, 0.25) is 11.8 Å². The van der Waals surface area contributed by atoms with Gasteiger partial charge in [0.25, 0.3) is 5.91 Å². The molecule has 3 aromatic rings. The van der Waals surface area contributed by atoms with E-state index in [1.54, 1.807) is 9.80 Å². The molecule has 2 saturated heterocycles. The van der Waals surface area contributed by atoms with Crippen molar-refractivity contribution in [1.29, 1.82) is 0 Å². The Hall–Kier alpha value is -4.73. The first-order valence-electron chi connectivity index (χ1n) is 17.8. The van der Waals surface area contributed by atoms with Gasteiger partial charge in [-0.25, -0.2) is 0 Å². The van der Waals surface area contributed by atoms with E-state index < -0.39 is 41.7 Å². The van der Waals surface area contributed by atoms with E-state index in [9.17, 15) is 9.90 Å². The minimum absolute atomic E-state index is 0.175. The Morgan fingerprint density at radius 3 is 2.10 bits per heavy atom. The van der Waals surface area contributed by atoms with Crippen LogP contribution in [0.15, 0.2) is 109 Å². The molecule has 1 N–H and O–H groups in total. The van der Waals surface area contributed by atoms with Crippen molar-refractivity contribution in [2.24, 2.45) is 11.8 Å². The fourth-order valence-corrected chi connectivity index (χ4v) is 8.73. The number of nitrogens with zero attached hydrogens (tertiary/aromatic N) is 4. The lowest BCUT2D eigenvalue weighted by Crippen LogP contribution is -2.57. The van der Waals surface area contributed by atoms with Crippen molar-refractivity contribution in [3.8, 4) is 0 Å². The molecule has 1 unspecified atom stereocenters. The second-order valence-electron chi connectivity index (χ2n) is 13.6. The number of benzene rings is 3. The molecule has 2 fully saturated rings. The molecule has 0 aromatic heterocycles. The first-order chi connectivity index (χ1) is 24.3. The Labute approximate surface area is 294 Å². The number of likely N-dealkylation sites (tertiary alicyclic amines) is 1. The molecule has 50 heavy (non-hydrogen) atoms. The number of carbonyl (C=O) groups excluding carboxylic acids is 3. The Kier molecular flexibility index (Phi) is 9.13. The molecule has 4 aliphatic heterocycles. The Bertz CT molecular complexity index is 1780. The topological polar surface area (TPSA) is 93.6 Å². The van der Waals surface area contributed by atoms with E-state index in [0.29, 0.717) is 30.8 Å². The standard InChI is InChI=1S/C41H46N4O5/c1-4-40-23-13-25-43(27-29-15-9-7-10-16-29)37(47)34(40)35-38(48)45(33(28-46)30-17-11-8-12-18-30)36-39(49)44(26-14-24-41(35,36)50-40)32-21-19-31(20-22-32)42(5-2)6-3/h7-24,33-36,46H,4-6,25-28H2,1-3H3/t33-,34+,35+,36?,40-,41+/m1/s1. The molecule has 0 aliphatic carbocycles. The summed E-state index contributed by atoms with van der Waals surface area (Å²) >= 11 is 0. The van der Waals surface area contributed by atoms with E-state index in [2.05, 4.69) is 18.7 Å². The molecule has 4 aliphatic rings. The molecule has 3 amide bonds. The number of hydrogen-bond acceptors (Lipinski definition) is 6. The van der Waals surface area contributed by atoms with Crippen LogP contribution in [0.3, 0.4) is 0 Å². The number of aliphatic hydroxyl groups is 1. The molecular weight excluding hydrogens is 628 g/mol. The van der Waals surface area contributed by atoms with Crippen LogP contribution < -0.4 is 9.80 Å². The van der Waals surface area contributed by atoms with Crippen molar-refractivity contribution in [3.05, 3.63) is 120 Å². The van der Waals surface area contributed by atoms with E-state index in [-0.39, 0.29) is 24.3 Å². The van der Waals surface area contributed by atoms with Gasteiger partial charge in [-0.15, -0.1) is 0 Å². The molecule has 9 heteroatoms. The van der Waals surface area contributed by atoms with Gasteiger partial charge in [0.1, 0.15) is 11.6 Å². The van der Waals surface area contributed by atoms with Gasteiger partial charge in [0, 0.05) is 44.1 Å². The van der Waals surface area contributed by atoms with Gasteiger partial charge < -0.3 is 29.4 Å². The number of fused-ring (bicyclic) bond motifs is 2. The van der Waals surface area contributed by atoms with Crippen molar-refractivity contribution in [3.63, 3.8) is 0 Å². The van der Waals surface area contributed by atoms with Gasteiger partial charge in [-0.05, 0) is 55.7 Å². The van der Waals surface area contributed by atoms with Gasteiger partial charge in [0.05, 0.1) is 30.1 Å². The second-order valence-corrected chi connectivity index (χ2v) is 13.6. The molecule has 9 nitrogen and oxygen atoms in total. The molecule has 260 valence electrons. The lowest BCUT2D eigenvalue weighted by Gasteiger charge is -2.41. The van der Waals surface area contributed by atoms with Gasteiger partial charge in [-0.3, -0.25) is 14.4 Å². The number of ether oxygens (including phenoxy) is 1. The average Bonchev–Trinajstić information content (AvgIpc) is 3.44. The van der Waals surface area contributed by atoms with Gasteiger partial charge in [0.15, 0.2) is 0 Å². The third-order valence-electron chi connectivity index (χ3n) is 11.2. The maximum absolute atomic E-state index is 15.2. The van der Waals surface area contributed by atoms with Crippen molar-refractivity contribution < 1.29 is 24.2 Å². The maximum Gasteiger partial charge on any atom is 0.253 e. The molecule has 4 heterocycles. The summed E-state index contributed by atoms with van der Waals surface area (Å²) in [5, 5.41) is 10.9. The molecule has 0 bridgehead atoms. The first kappa shape index (κ1) is 33.8. The van der Waals surface area contributed by atoms with Crippen LogP contribution >= 0.6 is 0 Å². The highest BCUT2D eigenvalue weighted by atomic mass is 16.5.